The largest absolute Gasteiger partial charge is 0.454 e. The Labute approximate surface area is 111 Å². The number of benzene rings is 1. The third-order valence-corrected chi connectivity index (χ3v) is 3.68. The van der Waals surface area contributed by atoms with Crippen LogP contribution in [0.5, 0.6) is 11.5 Å². The minimum absolute atomic E-state index is 0.0833. The number of nitrogens with zero attached hydrogens (tertiary/aromatic N) is 1. The number of aliphatic hydroxyl groups is 1. The predicted octanol–water partition coefficient (Wildman–Crippen LogP) is 0.799. The van der Waals surface area contributed by atoms with Crippen LogP contribution in [0, 0.1) is 5.92 Å². The second kappa shape index (κ2) is 5.09. The summed E-state index contributed by atoms with van der Waals surface area (Å²) in [5.41, 5.74) is 1.07. The van der Waals surface area contributed by atoms with E-state index in [-0.39, 0.29) is 25.2 Å². The lowest BCUT2D eigenvalue weighted by molar-refractivity contribution is -0.127. The molecule has 1 N–H and O–H groups in total. The second-order valence-corrected chi connectivity index (χ2v) is 4.99. The molecule has 5 nitrogen and oxygen atoms in total. The van der Waals surface area contributed by atoms with Crippen molar-refractivity contribution in [3.05, 3.63) is 23.8 Å². The summed E-state index contributed by atoms with van der Waals surface area (Å²) in [6, 6.07) is 5.82. The van der Waals surface area contributed by atoms with Crippen LogP contribution in [-0.2, 0) is 11.2 Å². The van der Waals surface area contributed by atoms with Crippen LogP contribution in [0.1, 0.15) is 12.0 Å². The Morgan fingerprint density at radius 1 is 1.37 bits per heavy atom. The maximum Gasteiger partial charge on any atom is 0.231 e. The zero-order valence-corrected chi connectivity index (χ0v) is 10.7. The van der Waals surface area contributed by atoms with E-state index in [2.05, 4.69) is 0 Å². The fourth-order valence-corrected chi connectivity index (χ4v) is 2.64. The minimum Gasteiger partial charge on any atom is -0.454 e. The van der Waals surface area contributed by atoms with Gasteiger partial charge in [-0.15, -0.1) is 0 Å². The van der Waals surface area contributed by atoms with Crippen LogP contribution >= 0.6 is 0 Å². The minimum atomic E-state index is 0.0833. The first-order chi connectivity index (χ1) is 9.28. The zero-order valence-electron chi connectivity index (χ0n) is 10.7. The van der Waals surface area contributed by atoms with E-state index < -0.39 is 0 Å². The number of carbonyl (C=O) groups excluding carboxylic acids is 1. The van der Waals surface area contributed by atoms with E-state index in [1.807, 2.05) is 23.1 Å². The molecule has 1 fully saturated rings. The number of carbonyl (C=O) groups is 1. The van der Waals surface area contributed by atoms with Crippen molar-refractivity contribution >= 4 is 5.91 Å². The summed E-state index contributed by atoms with van der Waals surface area (Å²) < 4.78 is 10.8. The van der Waals surface area contributed by atoms with Crippen LogP contribution in [-0.4, -0.2) is 42.4 Å². The van der Waals surface area contributed by atoms with Gasteiger partial charge in [0.05, 0.1) is 0 Å². The molecule has 0 bridgehead atoms. The van der Waals surface area contributed by atoms with Gasteiger partial charge in [0.15, 0.2) is 11.5 Å². The van der Waals surface area contributed by atoms with Gasteiger partial charge in [-0.2, -0.15) is 0 Å². The lowest BCUT2D eigenvalue weighted by Crippen LogP contribution is -2.27. The van der Waals surface area contributed by atoms with Crippen molar-refractivity contribution in [3.8, 4) is 11.5 Å². The first-order valence-electron chi connectivity index (χ1n) is 6.54. The summed E-state index contributed by atoms with van der Waals surface area (Å²) in [6.07, 6.45) is 1.21. The molecule has 3 rings (SSSR count). The third kappa shape index (κ3) is 2.38. The standard InChI is InChI=1S/C14H17NO4/c16-8-10-6-13(17)15(7-10)5-4-11-2-1-3-12-14(11)19-9-18-12/h1-3,10,16H,4-9H2. The average Bonchev–Trinajstić information content (AvgIpc) is 3.02. The fraction of sp³-hybridized carbons (Fsp3) is 0.500. The molecule has 102 valence electrons. The molecule has 0 aromatic heterocycles. The van der Waals surface area contributed by atoms with Crippen LogP contribution in [0.15, 0.2) is 18.2 Å². The molecule has 1 aromatic rings. The number of ether oxygens (including phenoxy) is 2. The lowest BCUT2D eigenvalue weighted by Gasteiger charge is -2.16. The highest BCUT2D eigenvalue weighted by molar-refractivity contribution is 5.78. The monoisotopic (exact) mass is 263 g/mol. The fourth-order valence-electron chi connectivity index (χ4n) is 2.64. The van der Waals surface area contributed by atoms with Crippen LogP contribution in [0.25, 0.3) is 0 Å². The van der Waals surface area contributed by atoms with E-state index in [0.29, 0.717) is 19.5 Å². The van der Waals surface area contributed by atoms with Gasteiger partial charge in [0.25, 0.3) is 0 Å². The lowest BCUT2D eigenvalue weighted by atomic mass is 10.1. The zero-order chi connectivity index (χ0) is 13.2. The molecular weight excluding hydrogens is 246 g/mol. The molecule has 19 heavy (non-hydrogen) atoms. The highest BCUT2D eigenvalue weighted by Gasteiger charge is 2.29. The van der Waals surface area contributed by atoms with E-state index >= 15 is 0 Å². The van der Waals surface area contributed by atoms with Crippen LogP contribution in [0.4, 0.5) is 0 Å². The predicted molar refractivity (Wildman–Crippen MR) is 68.0 cm³/mol. The number of fused-ring (bicyclic) bond motifs is 1. The molecule has 1 unspecified atom stereocenters. The number of hydrogen-bond donors (Lipinski definition) is 1. The van der Waals surface area contributed by atoms with E-state index in [0.717, 1.165) is 23.5 Å². The van der Waals surface area contributed by atoms with Gasteiger partial charge in [0, 0.05) is 32.0 Å². The summed E-state index contributed by atoms with van der Waals surface area (Å²) in [4.78, 5) is 13.6. The van der Waals surface area contributed by atoms with Gasteiger partial charge in [0.2, 0.25) is 12.7 Å². The Hall–Kier alpha value is -1.75. The van der Waals surface area contributed by atoms with Crippen molar-refractivity contribution in [1.82, 2.24) is 4.90 Å². The van der Waals surface area contributed by atoms with Crippen molar-refractivity contribution in [2.75, 3.05) is 26.5 Å². The molecule has 1 atom stereocenters. The van der Waals surface area contributed by atoms with E-state index in [1.54, 1.807) is 0 Å². The van der Waals surface area contributed by atoms with Gasteiger partial charge in [0.1, 0.15) is 0 Å². The average molecular weight is 263 g/mol. The number of hydrogen-bond acceptors (Lipinski definition) is 4. The van der Waals surface area contributed by atoms with Gasteiger partial charge < -0.3 is 19.5 Å². The summed E-state index contributed by atoms with van der Waals surface area (Å²) >= 11 is 0. The van der Waals surface area contributed by atoms with Crippen LogP contribution < -0.4 is 9.47 Å². The van der Waals surface area contributed by atoms with Crippen molar-refractivity contribution in [2.45, 2.75) is 12.8 Å². The molecule has 1 saturated heterocycles. The Morgan fingerprint density at radius 2 is 2.26 bits per heavy atom. The van der Waals surface area contributed by atoms with Crippen molar-refractivity contribution in [1.29, 1.82) is 0 Å². The van der Waals surface area contributed by atoms with Gasteiger partial charge in [-0.25, -0.2) is 0 Å². The molecule has 5 heteroatoms. The van der Waals surface area contributed by atoms with Gasteiger partial charge in [-0.05, 0) is 18.1 Å². The number of para-hydroxylation sites is 1. The molecule has 0 spiro atoms. The molecule has 1 amide bonds. The van der Waals surface area contributed by atoms with E-state index in [4.69, 9.17) is 14.6 Å². The van der Waals surface area contributed by atoms with Gasteiger partial charge in [-0.3, -0.25) is 4.79 Å². The summed E-state index contributed by atoms with van der Waals surface area (Å²) in [6.45, 7) is 1.67. The van der Waals surface area contributed by atoms with E-state index in [1.165, 1.54) is 0 Å². The first-order valence-corrected chi connectivity index (χ1v) is 6.54. The first kappa shape index (κ1) is 12.3. The van der Waals surface area contributed by atoms with Crippen molar-refractivity contribution in [3.63, 3.8) is 0 Å². The van der Waals surface area contributed by atoms with Crippen molar-refractivity contribution in [2.24, 2.45) is 5.92 Å². The maximum atomic E-state index is 11.8. The Bertz CT molecular complexity index is 488. The Balaban J connectivity index is 1.64. The SMILES string of the molecule is O=C1CC(CO)CN1CCc1cccc2c1OCO2. The molecule has 2 heterocycles. The van der Waals surface area contributed by atoms with Gasteiger partial charge in [-0.1, -0.05) is 12.1 Å². The molecule has 0 aliphatic carbocycles. The number of rotatable bonds is 4. The van der Waals surface area contributed by atoms with Crippen molar-refractivity contribution < 1.29 is 19.4 Å². The van der Waals surface area contributed by atoms with Crippen LogP contribution in [0.3, 0.4) is 0 Å². The second-order valence-electron chi connectivity index (χ2n) is 4.99. The number of amides is 1. The molecule has 0 saturated carbocycles. The molecule has 0 radical (unpaired) electrons. The third-order valence-electron chi connectivity index (χ3n) is 3.68. The topological polar surface area (TPSA) is 59.0 Å². The number of aliphatic hydroxyl groups excluding tert-OH is 1. The summed E-state index contributed by atoms with van der Waals surface area (Å²) in [5.74, 6) is 1.80. The Morgan fingerprint density at radius 3 is 3.05 bits per heavy atom. The molecule has 2 aliphatic heterocycles. The normalized spacial score (nSPS) is 21.2. The highest BCUT2D eigenvalue weighted by Crippen LogP contribution is 2.35. The Kier molecular flexibility index (Phi) is 3.29. The molecule has 2 aliphatic rings. The summed E-state index contributed by atoms with van der Waals surface area (Å²) in [5, 5.41) is 9.10. The van der Waals surface area contributed by atoms with Gasteiger partial charge >= 0.3 is 0 Å². The summed E-state index contributed by atoms with van der Waals surface area (Å²) in [7, 11) is 0. The maximum absolute atomic E-state index is 11.8. The quantitative estimate of drug-likeness (QED) is 0.873. The molecular formula is C14H17NO4. The van der Waals surface area contributed by atoms with E-state index in [9.17, 15) is 4.79 Å². The number of likely N-dealkylation sites (tertiary alicyclic amines) is 1. The highest BCUT2D eigenvalue weighted by atomic mass is 16.7. The molecule has 1 aromatic carbocycles. The smallest absolute Gasteiger partial charge is 0.231 e. The van der Waals surface area contributed by atoms with Crippen LogP contribution in [0.2, 0.25) is 0 Å².